The first-order valence-electron chi connectivity index (χ1n) is 11.2. The van der Waals surface area contributed by atoms with Gasteiger partial charge in [-0.05, 0) is 55.7 Å². The van der Waals surface area contributed by atoms with Crippen LogP contribution in [0.15, 0.2) is 35.2 Å². The Morgan fingerprint density at radius 1 is 1.11 bits per heavy atom. The number of hydrogen-bond donors (Lipinski definition) is 2. The summed E-state index contributed by atoms with van der Waals surface area (Å²) in [6, 6.07) is 4.76. The van der Waals surface area contributed by atoms with E-state index >= 15 is 0 Å². The number of anilines is 1. The Kier molecular flexibility index (Phi) is 7.11. The van der Waals surface area contributed by atoms with Gasteiger partial charge in [-0.3, -0.25) is 9.59 Å². The minimum absolute atomic E-state index is 0.106. The van der Waals surface area contributed by atoms with Crippen LogP contribution in [-0.4, -0.2) is 42.9 Å². The molecular weight excluding hydrogens is 523 g/mol. The molecule has 36 heavy (non-hydrogen) atoms. The number of carbonyl (C=O) groups excluding carboxylic acids is 2. The van der Waals surface area contributed by atoms with Gasteiger partial charge in [0.15, 0.2) is 27.3 Å². The fraction of sp³-hybridized carbons (Fsp3) is 0.417. The standard InChI is InChI=1S/C24H23ClF3NO6S/c1-12(30)35-11-24(32)9-14-2-3-15(10-24)22(14)36(33,34)20-6-13(4-5-17(20)25)23(31)29-16-7-18(26)21(28)19(27)8-16/h4-8,14-15,22,32H,2-3,9-11H2,1H3,(H,29,31)/t14-,15?,22-,24?/m0/s1. The number of rotatable bonds is 6. The van der Waals surface area contributed by atoms with Crippen LogP contribution in [0, 0.1) is 29.3 Å². The van der Waals surface area contributed by atoms with Crippen molar-refractivity contribution in [2.75, 3.05) is 11.9 Å². The highest BCUT2D eigenvalue weighted by Gasteiger charge is 2.54. The summed E-state index contributed by atoms with van der Waals surface area (Å²) < 4.78 is 72.5. The molecule has 0 saturated heterocycles. The summed E-state index contributed by atoms with van der Waals surface area (Å²) in [6.07, 6.45) is 1.35. The molecule has 2 N–H and O–H groups in total. The second-order valence-corrected chi connectivity index (χ2v) is 11.9. The number of fused-ring (bicyclic) bond motifs is 2. The molecule has 0 spiro atoms. The van der Waals surface area contributed by atoms with E-state index < -0.39 is 61.9 Å². The van der Waals surface area contributed by atoms with Crippen molar-refractivity contribution >= 4 is 39.0 Å². The molecule has 12 heteroatoms. The molecule has 7 nitrogen and oxygen atoms in total. The third kappa shape index (κ3) is 5.09. The average molecular weight is 546 g/mol. The molecule has 2 aromatic carbocycles. The van der Waals surface area contributed by atoms with Crippen LogP contribution in [0.25, 0.3) is 0 Å². The summed E-state index contributed by atoms with van der Waals surface area (Å²) in [5, 5.41) is 12.1. The number of carbonyl (C=O) groups is 2. The lowest BCUT2D eigenvalue weighted by atomic mass is 9.77. The van der Waals surface area contributed by atoms with Crippen molar-refractivity contribution in [3.63, 3.8) is 0 Å². The summed E-state index contributed by atoms with van der Waals surface area (Å²) in [7, 11) is -4.06. The van der Waals surface area contributed by atoms with Gasteiger partial charge in [-0.15, -0.1) is 0 Å². The number of benzene rings is 2. The summed E-state index contributed by atoms with van der Waals surface area (Å²) in [5.41, 5.74) is -1.82. The Labute approximate surface area is 210 Å². The van der Waals surface area contributed by atoms with Crippen molar-refractivity contribution in [3.8, 4) is 0 Å². The van der Waals surface area contributed by atoms with E-state index in [2.05, 4.69) is 5.32 Å². The molecule has 0 heterocycles. The van der Waals surface area contributed by atoms with E-state index in [1.54, 1.807) is 0 Å². The van der Waals surface area contributed by atoms with Gasteiger partial charge in [-0.25, -0.2) is 21.6 Å². The van der Waals surface area contributed by atoms with Gasteiger partial charge in [0.05, 0.1) is 20.8 Å². The minimum atomic E-state index is -4.06. The monoisotopic (exact) mass is 545 g/mol. The predicted octanol–water partition coefficient (Wildman–Crippen LogP) is 4.27. The Balaban J connectivity index is 1.59. The first-order valence-corrected chi connectivity index (χ1v) is 13.1. The van der Waals surface area contributed by atoms with Gasteiger partial charge in [0.2, 0.25) is 0 Å². The third-order valence-electron chi connectivity index (χ3n) is 6.77. The molecule has 2 fully saturated rings. The summed E-state index contributed by atoms with van der Waals surface area (Å²) >= 11 is 6.22. The number of nitrogens with one attached hydrogen (secondary N) is 1. The average Bonchev–Trinajstić information content (AvgIpc) is 3.09. The number of ether oxygens (including phenoxy) is 1. The molecule has 4 rings (SSSR count). The SMILES string of the molecule is CC(=O)OCC1(O)CC2CC[C@@H](C1)[C@@H]2S(=O)(=O)c1cc(C(=O)Nc2cc(F)c(F)c(F)c2)ccc1Cl. The van der Waals surface area contributed by atoms with Crippen LogP contribution >= 0.6 is 11.6 Å². The van der Waals surface area contributed by atoms with Crippen LogP contribution < -0.4 is 5.32 Å². The number of amides is 1. The van der Waals surface area contributed by atoms with Gasteiger partial charge in [-0.1, -0.05) is 11.6 Å². The van der Waals surface area contributed by atoms with Crippen molar-refractivity contribution in [1.82, 2.24) is 0 Å². The molecule has 0 radical (unpaired) electrons. The fourth-order valence-electron chi connectivity index (χ4n) is 5.34. The molecule has 0 aromatic heterocycles. The fourth-order valence-corrected chi connectivity index (χ4v) is 8.18. The first kappa shape index (κ1) is 26.4. The maximum atomic E-state index is 13.7. The largest absolute Gasteiger partial charge is 0.463 e. The zero-order valence-corrected chi connectivity index (χ0v) is 20.6. The third-order valence-corrected chi connectivity index (χ3v) is 9.64. The normalized spacial score (nSPS) is 25.4. The molecule has 2 aliphatic carbocycles. The van der Waals surface area contributed by atoms with E-state index in [0.717, 1.165) is 6.07 Å². The molecular formula is C24H23ClF3NO6S. The summed E-state index contributed by atoms with van der Waals surface area (Å²) in [5.74, 6) is -6.91. The molecule has 1 amide bonds. The van der Waals surface area contributed by atoms with Crippen LogP contribution in [0.4, 0.5) is 18.9 Å². The lowest BCUT2D eigenvalue weighted by Gasteiger charge is -2.40. The number of sulfone groups is 1. The molecule has 4 atom stereocenters. The van der Waals surface area contributed by atoms with Gasteiger partial charge in [0.1, 0.15) is 6.61 Å². The molecule has 2 aliphatic rings. The van der Waals surface area contributed by atoms with Gasteiger partial charge >= 0.3 is 5.97 Å². The number of esters is 1. The lowest BCUT2D eigenvalue weighted by molar-refractivity contribution is -0.152. The van der Waals surface area contributed by atoms with Crippen LogP contribution in [-0.2, 0) is 19.4 Å². The van der Waals surface area contributed by atoms with Gasteiger partial charge in [0, 0.05) is 30.3 Å². The van der Waals surface area contributed by atoms with Gasteiger partial charge in [-0.2, -0.15) is 0 Å². The van der Waals surface area contributed by atoms with E-state index in [4.69, 9.17) is 16.3 Å². The highest BCUT2D eigenvalue weighted by Crippen LogP contribution is 2.51. The molecule has 194 valence electrons. The van der Waals surface area contributed by atoms with E-state index in [-0.39, 0.29) is 40.6 Å². The highest BCUT2D eigenvalue weighted by molar-refractivity contribution is 7.92. The zero-order valence-electron chi connectivity index (χ0n) is 19.1. The van der Waals surface area contributed by atoms with Crippen LogP contribution in [0.1, 0.15) is 43.0 Å². The Bertz CT molecular complexity index is 1300. The summed E-state index contributed by atoms with van der Waals surface area (Å²) in [6.45, 7) is 1.01. The maximum Gasteiger partial charge on any atom is 0.302 e. The second-order valence-electron chi connectivity index (χ2n) is 9.37. The topological polar surface area (TPSA) is 110 Å². The highest BCUT2D eigenvalue weighted by atomic mass is 35.5. The summed E-state index contributed by atoms with van der Waals surface area (Å²) in [4.78, 5) is 23.6. The van der Waals surface area contributed by atoms with E-state index in [9.17, 15) is 36.3 Å². The molecule has 2 unspecified atom stereocenters. The minimum Gasteiger partial charge on any atom is -0.463 e. The van der Waals surface area contributed by atoms with Crippen molar-refractivity contribution in [1.29, 1.82) is 0 Å². The number of halogens is 4. The van der Waals surface area contributed by atoms with Crippen molar-refractivity contribution in [2.45, 2.75) is 48.4 Å². The molecule has 0 aliphatic heterocycles. The number of hydrogen-bond acceptors (Lipinski definition) is 6. The molecule has 2 saturated carbocycles. The Hall–Kier alpha value is -2.63. The Morgan fingerprint density at radius 2 is 1.69 bits per heavy atom. The van der Waals surface area contributed by atoms with Crippen molar-refractivity contribution in [2.24, 2.45) is 11.8 Å². The van der Waals surface area contributed by atoms with E-state index in [1.807, 2.05) is 0 Å². The van der Waals surface area contributed by atoms with Crippen LogP contribution in [0.5, 0.6) is 0 Å². The molecule has 2 aromatic rings. The van der Waals surface area contributed by atoms with E-state index in [1.165, 1.54) is 19.1 Å². The van der Waals surface area contributed by atoms with Crippen molar-refractivity contribution in [3.05, 3.63) is 58.4 Å². The lowest BCUT2D eigenvalue weighted by Crippen LogP contribution is -2.48. The van der Waals surface area contributed by atoms with Crippen LogP contribution in [0.2, 0.25) is 5.02 Å². The molecule has 2 bridgehead atoms. The Morgan fingerprint density at radius 3 is 2.25 bits per heavy atom. The zero-order chi connectivity index (χ0) is 26.4. The van der Waals surface area contributed by atoms with Crippen molar-refractivity contribution < 1.29 is 41.0 Å². The van der Waals surface area contributed by atoms with Gasteiger partial charge in [0.25, 0.3) is 5.91 Å². The second kappa shape index (κ2) is 9.68. The predicted molar refractivity (Wildman–Crippen MR) is 124 cm³/mol. The van der Waals surface area contributed by atoms with E-state index in [0.29, 0.717) is 25.0 Å². The quantitative estimate of drug-likeness (QED) is 0.414. The maximum absolute atomic E-state index is 13.7. The smallest absolute Gasteiger partial charge is 0.302 e. The first-order chi connectivity index (χ1) is 16.8. The van der Waals surface area contributed by atoms with Crippen LogP contribution in [0.3, 0.4) is 0 Å². The van der Waals surface area contributed by atoms with Gasteiger partial charge < -0.3 is 15.2 Å². The number of aliphatic hydroxyl groups is 1.